The van der Waals surface area contributed by atoms with Crippen molar-refractivity contribution in [3.05, 3.63) is 23.8 Å². The van der Waals surface area contributed by atoms with E-state index in [1.807, 2.05) is 24.3 Å². The maximum absolute atomic E-state index is 11.4. The molecule has 2 rings (SSSR count). The molecular weight excluding hydrogens is 244 g/mol. The highest BCUT2D eigenvalue weighted by Crippen LogP contribution is 2.30. The van der Waals surface area contributed by atoms with Gasteiger partial charge in [-0.1, -0.05) is 6.07 Å². The number of fused-ring (bicyclic) bond motifs is 1. The van der Waals surface area contributed by atoms with E-state index in [2.05, 4.69) is 5.32 Å². The number of hydrogen-bond donors (Lipinski definition) is 1. The van der Waals surface area contributed by atoms with Crippen LogP contribution in [0.4, 0.5) is 0 Å². The summed E-state index contributed by atoms with van der Waals surface area (Å²) in [6.45, 7) is 3.23. The summed E-state index contributed by atoms with van der Waals surface area (Å²) in [5.41, 5.74) is 1.06. The molecule has 5 heteroatoms. The van der Waals surface area contributed by atoms with Crippen molar-refractivity contribution in [3.8, 4) is 17.6 Å². The molecule has 0 radical (unpaired) electrons. The fourth-order valence-electron chi connectivity index (χ4n) is 1.79. The number of carbonyl (C=O) groups excluding carboxylic acids is 1. The molecule has 0 bridgehead atoms. The second-order valence-electron chi connectivity index (χ2n) is 4.37. The van der Waals surface area contributed by atoms with Crippen molar-refractivity contribution >= 4 is 5.91 Å². The van der Waals surface area contributed by atoms with E-state index in [0.717, 1.165) is 17.1 Å². The van der Waals surface area contributed by atoms with Crippen molar-refractivity contribution in [1.29, 1.82) is 5.26 Å². The van der Waals surface area contributed by atoms with E-state index >= 15 is 0 Å². The number of nitrogens with one attached hydrogen (secondary N) is 1. The van der Waals surface area contributed by atoms with Gasteiger partial charge in [0.1, 0.15) is 19.1 Å². The Balaban J connectivity index is 1.87. The molecule has 100 valence electrons. The van der Waals surface area contributed by atoms with Gasteiger partial charge < -0.3 is 14.8 Å². The molecule has 0 saturated heterocycles. The van der Waals surface area contributed by atoms with Crippen LogP contribution in [-0.4, -0.2) is 25.7 Å². The van der Waals surface area contributed by atoms with E-state index < -0.39 is 5.92 Å². The Morgan fingerprint density at radius 3 is 2.89 bits per heavy atom. The summed E-state index contributed by atoms with van der Waals surface area (Å²) in [6, 6.07) is 7.66. The monoisotopic (exact) mass is 260 g/mol. The summed E-state index contributed by atoms with van der Waals surface area (Å²) in [5, 5.41) is 11.3. The molecule has 0 saturated carbocycles. The lowest BCUT2D eigenvalue weighted by molar-refractivity contribution is -0.122. The van der Waals surface area contributed by atoms with Gasteiger partial charge in [0.05, 0.1) is 6.07 Å². The largest absolute Gasteiger partial charge is 0.486 e. The van der Waals surface area contributed by atoms with Crippen LogP contribution in [0.1, 0.15) is 12.5 Å². The number of nitriles is 1. The molecule has 1 heterocycles. The molecule has 1 aliphatic heterocycles. The van der Waals surface area contributed by atoms with Gasteiger partial charge in [-0.2, -0.15) is 5.26 Å². The molecular formula is C14H16N2O3. The Morgan fingerprint density at radius 1 is 1.42 bits per heavy atom. The SMILES string of the molecule is CC(C#N)C(=O)NCCc1ccc2c(c1)OCCO2. The maximum Gasteiger partial charge on any atom is 0.237 e. The molecule has 1 aromatic rings. The predicted molar refractivity (Wildman–Crippen MR) is 68.9 cm³/mol. The normalized spacial score (nSPS) is 14.3. The first-order chi connectivity index (χ1) is 9.20. The average Bonchev–Trinajstić information content (AvgIpc) is 2.46. The van der Waals surface area contributed by atoms with Gasteiger partial charge in [-0.3, -0.25) is 4.79 Å². The lowest BCUT2D eigenvalue weighted by Gasteiger charge is -2.18. The van der Waals surface area contributed by atoms with E-state index in [0.29, 0.717) is 26.2 Å². The molecule has 19 heavy (non-hydrogen) atoms. The van der Waals surface area contributed by atoms with Gasteiger partial charge in [0, 0.05) is 6.54 Å². The second-order valence-corrected chi connectivity index (χ2v) is 4.37. The van der Waals surface area contributed by atoms with Gasteiger partial charge in [0.2, 0.25) is 5.91 Å². The van der Waals surface area contributed by atoms with Crippen molar-refractivity contribution in [2.24, 2.45) is 5.92 Å². The van der Waals surface area contributed by atoms with Gasteiger partial charge in [-0.05, 0) is 31.0 Å². The summed E-state index contributed by atoms with van der Waals surface area (Å²) < 4.78 is 10.9. The average molecular weight is 260 g/mol. The molecule has 0 aromatic heterocycles. The summed E-state index contributed by atoms with van der Waals surface area (Å²) in [6.07, 6.45) is 0.695. The van der Waals surface area contributed by atoms with Crippen molar-refractivity contribution < 1.29 is 14.3 Å². The number of ether oxygens (including phenoxy) is 2. The van der Waals surface area contributed by atoms with Crippen LogP contribution in [0.25, 0.3) is 0 Å². The highest BCUT2D eigenvalue weighted by atomic mass is 16.6. The standard InChI is InChI=1S/C14H16N2O3/c1-10(9-15)14(17)16-5-4-11-2-3-12-13(8-11)19-7-6-18-12/h2-3,8,10H,4-7H2,1H3,(H,16,17). The quantitative estimate of drug-likeness (QED) is 0.885. The van der Waals surface area contributed by atoms with Crippen molar-refractivity contribution in [2.75, 3.05) is 19.8 Å². The van der Waals surface area contributed by atoms with E-state index in [1.54, 1.807) is 6.92 Å². The lowest BCUT2D eigenvalue weighted by Crippen LogP contribution is -2.30. The van der Waals surface area contributed by atoms with Crippen LogP contribution in [-0.2, 0) is 11.2 Å². The minimum Gasteiger partial charge on any atom is -0.486 e. The summed E-state index contributed by atoms with van der Waals surface area (Å²) >= 11 is 0. The van der Waals surface area contributed by atoms with Gasteiger partial charge in [0.25, 0.3) is 0 Å². The minimum absolute atomic E-state index is 0.236. The van der Waals surface area contributed by atoms with E-state index in [1.165, 1.54) is 0 Å². The maximum atomic E-state index is 11.4. The molecule has 0 aliphatic carbocycles. The summed E-state index contributed by atoms with van der Waals surface area (Å²) in [7, 11) is 0. The molecule has 5 nitrogen and oxygen atoms in total. The molecule has 1 atom stereocenters. The van der Waals surface area contributed by atoms with Crippen molar-refractivity contribution in [1.82, 2.24) is 5.32 Å². The number of hydrogen-bond acceptors (Lipinski definition) is 4. The first kappa shape index (κ1) is 13.2. The second kappa shape index (κ2) is 6.10. The van der Waals surface area contributed by atoms with Crippen LogP contribution in [0.2, 0.25) is 0 Å². The minimum atomic E-state index is -0.611. The number of carbonyl (C=O) groups is 1. The number of amides is 1. The zero-order chi connectivity index (χ0) is 13.7. The molecule has 1 aromatic carbocycles. The predicted octanol–water partition coefficient (Wildman–Crippen LogP) is 1.28. The topological polar surface area (TPSA) is 71.4 Å². The molecule has 1 unspecified atom stereocenters. The Morgan fingerprint density at radius 2 is 2.16 bits per heavy atom. The van der Waals surface area contributed by atoms with Gasteiger partial charge in [0.15, 0.2) is 11.5 Å². The zero-order valence-electron chi connectivity index (χ0n) is 10.8. The van der Waals surface area contributed by atoms with Crippen molar-refractivity contribution in [2.45, 2.75) is 13.3 Å². The number of nitrogens with zero attached hydrogens (tertiary/aromatic N) is 1. The number of benzene rings is 1. The van der Waals surface area contributed by atoms with Gasteiger partial charge in [-0.25, -0.2) is 0 Å². The van der Waals surface area contributed by atoms with Crippen LogP contribution in [0.15, 0.2) is 18.2 Å². The zero-order valence-corrected chi connectivity index (χ0v) is 10.8. The fourth-order valence-corrected chi connectivity index (χ4v) is 1.79. The third-order valence-electron chi connectivity index (χ3n) is 2.91. The molecule has 1 N–H and O–H groups in total. The summed E-state index contributed by atoms with van der Waals surface area (Å²) in [4.78, 5) is 11.4. The van der Waals surface area contributed by atoms with Gasteiger partial charge in [-0.15, -0.1) is 0 Å². The van der Waals surface area contributed by atoms with Crippen LogP contribution < -0.4 is 14.8 Å². The first-order valence-corrected chi connectivity index (χ1v) is 6.26. The highest BCUT2D eigenvalue weighted by Gasteiger charge is 2.13. The lowest BCUT2D eigenvalue weighted by atomic mass is 10.1. The molecule has 1 amide bonds. The van der Waals surface area contributed by atoms with E-state index in [-0.39, 0.29) is 5.91 Å². The van der Waals surface area contributed by atoms with Gasteiger partial charge >= 0.3 is 0 Å². The highest BCUT2D eigenvalue weighted by molar-refractivity contribution is 5.80. The van der Waals surface area contributed by atoms with Crippen LogP contribution >= 0.6 is 0 Å². The Bertz CT molecular complexity index is 508. The number of rotatable bonds is 4. The van der Waals surface area contributed by atoms with E-state index in [4.69, 9.17) is 14.7 Å². The van der Waals surface area contributed by atoms with Crippen LogP contribution in [0, 0.1) is 17.2 Å². The fraction of sp³-hybridized carbons (Fsp3) is 0.429. The third-order valence-corrected chi connectivity index (χ3v) is 2.91. The Hall–Kier alpha value is -2.22. The van der Waals surface area contributed by atoms with Crippen molar-refractivity contribution in [3.63, 3.8) is 0 Å². The smallest absolute Gasteiger partial charge is 0.237 e. The Labute approximate surface area is 112 Å². The Kier molecular flexibility index (Phi) is 4.24. The molecule has 0 fully saturated rings. The third kappa shape index (κ3) is 3.38. The summed E-state index contributed by atoms with van der Waals surface area (Å²) in [5.74, 6) is 0.665. The first-order valence-electron chi connectivity index (χ1n) is 6.26. The van der Waals surface area contributed by atoms with E-state index in [9.17, 15) is 4.79 Å². The van der Waals surface area contributed by atoms with Crippen LogP contribution in [0.5, 0.6) is 11.5 Å². The van der Waals surface area contributed by atoms with Crippen LogP contribution in [0.3, 0.4) is 0 Å². The molecule has 0 spiro atoms. The molecule has 1 aliphatic rings.